The lowest BCUT2D eigenvalue weighted by Crippen LogP contribution is -1.86. The van der Waals surface area contributed by atoms with Crippen LogP contribution in [0, 0.1) is 0 Å². The number of fused-ring (bicyclic) bond motifs is 3. The van der Waals surface area contributed by atoms with Gasteiger partial charge in [0.2, 0.25) is 0 Å². The molecule has 0 N–H and O–H groups in total. The van der Waals surface area contributed by atoms with Gasteiger partial charge < -0.3 is 8.97 Å². The first kappa shape index (κ1) is 8.60. The van der Waals surface area contributed by atoms with Gasteiger partial charge in [-0.3, -0.25) is 0 Å². The van der Waals surface area contributed by atoms with Crippen molar-refractivity contribution in [3.63, 3.8) is 0 Å². The lowest BCUT2D eigenvalue weighted by atomic mass is 10.2. The fourth-order valence-corrected chi connectivity index (χ4v) is 2.36. The first-order valence-electron chi connectivity index (χ1n) is 5.35. The molecule has 15 heavy (non-hydrogen) atoms. The molecule has 0 aliphatic heterocycles. The smallest absolute Gasteiger partial charge is 0.0740 e. The second kappa shape index (κ2) is 2.89. The second-order valence-corrected chi connectivity index (χ2v) is 4.00. The molecule has 0 radical (unpaired) electrons. The van der Waals surface area contributed by atoms with E-state index in [9.17, 15) is 0 Å². The van der Waals surface area contributed by atoms with Gasteiger partial charge in [-0.2, -0.15) is 0 Å². The van der Waals surface area contributed by atoms with Gasteiger partial charge in [0.15, 0.2) is 0 Å². The molecule has 0 saturated carbocycles. The predicted molar refractivity (Wildman–Crippen MR) is 63.3 cm³/mol. The van der Waals surface area contributed by atoms with Gasteiger partial charge in [-0.05, 0) is 24.1 Å². The summed E-state index contributed by atoms with van der Waals surface area (Å²) in [6.07, 6.45) is 7.66. The molecule has 0 saturated heterocycles. The van der Waals surface area contributed by atoms with E-state index < -0.39 is 0 Å². The van der Waals surface area contributed by atoms with Crippen molar-refractivity contribution >= 4 is 16.4 Å². The number of aryl methyl sites for hydroxylation is 2. The largest absolute Gasteiger partial charge is 0.349 e. The van der Waals surface area contributed by atoms with Crippen LogP contribution in [-0.4, -0.2) is 8.97 Å². The summed E-state index contributed by atoms with van der Waals surface area (Å²) in [5.74, 6) is 0. The minimum Gasteiger partial charge on any atom is -0.349 e. The quantitative estimate of drug-likeness (QED) is 0.568. The molecule has 2 nitrogen and oxygen atoms in total. The minimum absolute atomic E-state index is 1.09. The summed E-state index contributed by atoms with van der Waals surface area (Å²) in [5.41, 5.74) is 4.05. The van der Waals surface area contributed by atoms with Crippen LogP contribution in [0.4, 0.5) is 0 Å². The second-order valence-electron chi connectivity index (χ2n) is 4.00. The van der Waals surface area contributed by atoms with Crippen molar-refractivity contribution in [3.05, 3.63) is 42.4 Å². The van der Waals surface area contributed by atoms with E-state index in [4.69, 9.17) is 0 Å². The molecule has 0 unspecified atom stereocenters. The molecule has 0 fully saturated rings. The summed E-state index contributed by atoms with van der Waals surface area (Å²) < 4.78 is 4.42. The molecule has 0 aliphatic carbocycles. The van der Waals surface area contributed by atoms with Gasteiger partial charge in [0.25, 0.3) is 0 Å². The van der Waals surface area contributed by atoms with Crippen LogP contribution in [0.2, 0.25) is 0 Å². The van der Waals surface area contributed by atoms with Gasteiger partial charge in [-0.1, -0.05) is 13.0 Å². The summed E-state index contributed by atoms with van der Waals surface area (Å²) in [6.45, 7) is 2.21. The van der Waals surface area contributed by atoms with E-state index in [0.717, 1.165) is 6.42 Å². The summed E-state index contributed by atoms with van der Waals surface area (Å²) in [5, 5.41) is 1.38. The molecule has 3 aromatic heterocycles. The maximum absolute atomic E-state index is 2.23. The SMILES string of the molecule is CCc1cn(C)c2c1cn1ccccc21. The highest BCUT2D eigenvalue weighted by atomic mass is 15.0. The van der Waals surface area contributed by atoms with Gasteiger partial charge in [0.05, 0.1) is 11.0 Å². The average Bonchev–Trinajstić information content (AvgIpc) is 2.76. The standard InChI is InChI=1S/C13H14N2/c1-3-10-8-14(2)13-11(10)9-15-7-5-4-6-12(13)15/h4-9H,3H2,1-2H3. The first-order chi connectivity index (χ1) is 7.31. The Morgan fingerprint density at radius 3 is 2.87 bits per heavy atom. The first-order valence-corrected chi connectivity index (χ1v) is 5.35. The fourth-order valence-electron chi connectivity index (χ4n) is 2.36. The fraction of sp³-hybridized carbons (Fsp3) is 0.231. The zero-order valence-corrected chi connectivity index (χ0v) is 9.07. The Bertz CT molecular complexity index is 628. The van der Waals surface area contributed by atoms with Crippen molar-refractivity contribution < 1.29 is 0 Å². The molecule has 2 heteroatoms. The number of aromatic nitrogens is 2. The molecule has 0 aromatic carbocycles. The predicted octanol–water partition coefficient (Wildman–Crippen LogP) is 2.99. The van der Waals surface area contributed by atoms with E-state index >= 15 is 0 Å². The topological polar surface area (TPSA) is 9.34 Å². The van der Waals surface area contributed by atoms with Crippen LogP contribution in [0.5, 0.6) is 0 Å². The molecule has 0 bridgehead atoms. The molecule has 76 valence electrons. The van der Waals surface area contributed by atoms with E-state index in [1.165, 1.54) is 22.0 Å². The highest BCUT2D eigenvalue weighted by molar-refractivity contribution is 5.97. The summed E-state index contributed by atoms with van der Waals surface area (Å²) in [4.78, 5) is 0. The lowest BCUT2D eigenvalue weighted by Gasteiger charge is -1.95. The molecular formula is C13H14N2. The van der Waals surface area contributed by atoms with Crippen molar-refractivity contribution in [2.24, 2.45) is 7.05 Å². The molecule has 0 amide bonds. The summed E-state index contributed by atoms with van der Waals surface area (Å²) in [6, 6.07) is 6.33. The number of hydrogen-bond donors (Lipinski definition) is 0. The Labute approximate surface area is 88.7 Å². The van der Waals surface area contributed by atoms with Crippen LogP contribution < -0.4 is 0 Å². The third-order valence-corrected chi connectivity index (χ3v) is 3.09. The Kier molecular flexibility index (Phi) is 1.66. The molecule has 0 aliphatic rings. The molecule has 3 heterocycles. The number of hydrogen-bond acceptors (Lipinski definition) is 0. The maximum atomic E-state index is 2.23. The Morgan fingerprint density at radius 2 is 2.07 bits per heavy atom. The van der Waals surface area contributed by atoms with Crippen molar-refractivity contribution in [2.45, 2.75) is 13.3 Å². The summed E-state index contributed by atoms with van der Waals surface area (Å²) in [7, 11) is 2.12. The molecule has 3 rings (SSSR count). The van der Waals surface area contributed by atoms with E-state index in [1.54, 1.807) is 0 Å². The van der Waals surface area contributed by atoms with E-state index in [2.05, 4.69) is 59.7 Å². The van der Waals surface area contributed by atoms with Crippen LogP contribution in [-0.2, 0) is 13.5 Å². The maximum Gasteiger partial charge on any atom is 0.0740 e. The zero-order chi connectivity index (χ0) is 10.4. The Balaban J connectivity index is 2.55. The normalized spacial score (nSPS) is 11.6. The number of rotatable bonds is 1. The van der Waals surface area contributed by atoms with E-state index in [0.29, 0.717) is 0 Å². The van der Waals surface area contributed by atoms with Crippen molar-refractivity contribution in [2.75, 3.05) is 0 Å². The van der Waals surface area contributed by atoms with Crippen LogP contribution in [0.3, 0.4) is 0 Å². The van der Waals surface area contributed by atoms with Crippen LogP contribution in [0.25, 0.3) is 16.4 Å². The van der Waals surface area contributed by atoms with Crippen LogP contribution in [0.15, 0.2) is 36.8 Å². The Morgan fingerprint density at radius 1 is 1.20 bits per heavy atom. The highest BCUT2D eigenvalue weighted by Gasteiger charge is 2.09. The number of nitrogens with zero attached hydrogens (tertiary/aromatic N) is 2. The van der Waals surface area contributed by atoms with E-state index in [1.807, 2.05) is 0 Å². The van der Waals surface area contributed by atoms with Gasteiger partial charge in [0, 0.05) is 31.0 Å². The van der Waals surface area contributed by atoms with Gasteiger partial charge in [-0.15, -0.1) is 0 Å². The van der Waals surface area contributed by atoms with Gasteiger partial charge >= 0.3 is 0 Å². The number of pyridine rings is 1. The lowest BCUT2D eigenvalue weighted by molar-refractivity contribution is 0.954. The van der Waals surface area contributed by atoms with Crippen molar-refractivity contribution in [3.8, 4) is 0 Å². The third-order valence-electron chi connectivity index (χ3n) is 3.09. The molecular weight excluding hydrogens is 184 g/mol. The van der Waals surface area contributed by atoms with Crippen LogP contribution >= 0.6 is 0 Å². The average molecular weight is 198 g/mol. The van der Waals surface area contributed by atoms with Crippen molar-refractivity contribution in [1.29, 1.82) is 0 Å². The molecule has 0 atom stereocenters. The van der Waals surface area contributed by atoms with Crippen molar-refractivity contribution in [1.82, 2.24) is 8.97 Å². The minimum atomic E-state index is 1.09. The van der Waals surface area contributed by atoms with Gasteiger partial charge in [-0.25, -0.2) is 0 Å². The highest BCUT2D eigenvalue weighted by Crippen LogP contribution is 2.26. The van der Waals surface area contributed by atoms with Crippen LogP contribution in [0.1, 0.15) is 12.5 Å². The zero-order valence-electron chi connectivity index (χ0n) is 9.07. The monoisotopic (exact) mass is 198 g/mol. The molecule has 3 aromatic rings. The Hall–Kier alpha value is -1.70. The molecule has 0 spiro atoms. The van der Waals surface area contributed by atoms with E-state index in [-0.39, 0.29) is 0 Å². The van der Waals surface area contributed by atoms with Gasteiger partial charge in [0.1, 0.15) is 0 Å². The summed E-state index contributed by atoms with van der Waals surface area (Å²) >= 11 is 0. The third kappa shape index (κ3) is 1.05.